The quantitative estimate of drug-likeness (QED) is 0.627. The Morgan fingerprint density at radius 2 is 2.21 bits per heavy atom. The number of fused-ring (bicyclic) bond motifs is 5. The average Bonchev–Trinajstić information content (AvgIpc) is 2.55. The fraction of sp³-hybridized carbons (Fsp3) is 1.00. The lowest BCUT2D eigenvalue weighted by Crippen LogP contribution is -2.31. The van der Waals surface area contributed by atoms with Gasteiger partial charge in [-0.25, -0.2) is 4.67 Å². The molecule has 14 heavy (non-hydrogen) atoms. The highest BCUT2D eigenvalue weighted by molar-refractivity contribution is 7.44. The average molecular weight is 215 g/mol. The predicted octanol–water partition coefficient (Wildman–Crippen LogP) is 2.38. The third-order valence-corrected chi connectivity index (χ3v) is 5.52. The summed E-state index contributed by atoms with van der Waals surface area (Å²) in [5, 5.41) is 0. The van der Waals surface area contributed by atoms with Gasteiger partial charge in [-0.15, -0.1) is 0 Å². The first-order chi connectivity index (χ1) is 6.90. The van der Waals surface area contributed by atoms with Crippen molar-refractivity contribution < 1.29 is 9.05 Å². The Kier molecular flexibility index (Phi) is 2.53. The molecule has 0 aromatic heterocycles. The molecule has 0 amide bonds. The molecule has 2 bridgehead atoms. The Bertz CT molecular complexity index is 226. The molecule has 4 heteroatoms. The van der Waals surface area contributed by atoms with Crippen LogP contribution in [-0.4, -0.2) is 31.0 Å². The van der Waals surface area contributed by atoms with E-state index in [1.807, 2.05) is 0 Å². The zero-order valence-corrected chi connectivity index (χ0v) is 9.58. The van der Waals surface area contributed by atoms with Crippen LogP contribution in [0.15, 0.2) is 0 Å². The fourth-order valence-corrected chi connectivity index (χ4v) is 4.98. The molecule has 3 unspecified atom stereocenters. The molecule has 2 heterocycles. The van der Waals surface area contributed by atoms with E-state index in [9.17, 15) is 0 Å². The highest BCUT2D eigenvalue weighted by Crippen LogP contribution is 2.57. The first kappa shape index (κ1) is 9.53. The monoisotopic (exact) mass is 215 g/mol. The van der Waals surface area contributed by atoms with E-state index in [0.29, 0.717) is 0 Å². The second-order valence-corrected chi connectivity index (χ2v) is 6.23. The van der Waals surface area contributed by atoms with E-state index >= 15 is 0 Å². The van der Waals surface area contributed by atoms with Crippen molar-refractivity contribution in [3.63, 3.8) is 0 Å². The molecule has 80 valence electrons. The van der Waals surface area contributed by atoms with Crippen molar-refractivity contribution in [2.75, 3.05) is 20.3 Å². The molecule has 2 saturated heterocycles. The minimum absolute atomic E-state index is 0.702. The van der Waals surface area contributed by atoms with E-state index in [1.165, 1.54) is 32.2 Å². The van der Waals surface area contributed by atoms with Gasteiger partial charge in [0.05, 0.1) is 6.61 Å². The molecule has 1 saturated carbocycles. The van der Waals surface area contributed by atoms with Gasteiger partial charge >= 0.3 is 0 Å². The van der Waals surface area contributed by atoms with Crippen molar-refractivity contribution in [3.8, 4) is 0 Å². The van der Waals surface area contributed by atoms with Crippen molar-refractivity contribution in [1.29, 1.82) is 0 Å². The van der Waals surface area contributed by atoms with Crippen LogP contribution in [0.4, 0.5) is 0 Å². The Balaban J connectivity index is 1.81. The molecule has 0 aromatic rings. The molecule has 0 aromatic carbocycles. The molecule has 1 aliphatic carbocycles. The van der Waals surface area contributed by atoms with Crippen LogP contribution in [0.1, 0.15) is 25.7 Å². The van der Waals surface area contributed by atoms with E-state index in [2.05, 4.69) is 4.67 Å². The van der Waals surface area contributed by atoms with Crippen LogP contribution in [0.3, 0.4) is 0 Å². The topological polar surface area (TPSA) is 21.7 Å². The number of nitrogens with zero attached hydrogens (tertiary/aromatic N) is 1. The van der Waals surface area contributed by atoms with E-state index in [1.54, 1.807) is 7.11 Å². The third kappa shape index (κ3) is 1.34. The maximum Gasteiger partial charge on any atom is 0.258 e. The van der Waals surface area contributed by atoms with Gasteiger partial charge in [-0.1, -0.05) is 12.8 Å². The van der Waals surface area contributed by atoms with Crippen molar-refractivity contribution >= 4 is 8.53 Å². The standard InChI is InChI=1S/C10H18NO2P/c1-12-14-11-6-8(7-13-14)9-4-2-3-5-10(9)11/h8-10H,2-7H2,1H3/t8-,9?,10?,14-/m0/s1. The summed E-state index contributed by atoms with van der Waals surface area (Å²) in [6.45, 7) is 2.17. The highest BCUT2D eigenvalue weighted by atomic mass is 31.2. The van der Waals surface area contributed by atoms with E-state index in [4.69, 9.17) is 9.05 Å². The number of hydrogen-bond acceptors (Lipinski definition) is 3. The summed E-state index contributed by atoms with van der Waals surface area (Å²) in [5.41, 5.74) is 0. The van der Waals surface area contributed by atoms with E-state index in [0.717, 1.165) is 24.5 Å². The molecule has 2 aliphatic heterocycles. The molecule has 3 fully saturated rings. The number of rotatable bonds is 1. The van der Waals surface area contributed by atoms with Gasteiger partial charge in [0, 0.05) is 25.6 Å². The minimum Gasteiger partial charge on any atom is -0.325 e. The third-order valence-electron chi connectivity index (χ3n) is 3.96. The lowest BCUT2D eigenvalue weighted by atomic mass is 9.80. The molecular formula is C10H18NO2P. The van der Waals surface area contributed by atoms with Crippen LogP contribution in [0.2, 0.25) is 0 Å². The number of hydrogen-bond donors (Lipinski definition) is 0. The predicted molar refractivity (Wildman–Crippen MR) is 55.8 cm³/mol. The second kappa shape index (κ2) is 3.71. The molecule has 0 spiro atoms. The summed E-state index contributed by atoms with van der Waals surface area (Å²) in [6.07, 6.45) is 5.61. The largest absolute Gasteiger partial charge is 0.325 e. The van der Waals surface area contributed by atoms with E-state index < -0.39 is 8.53 Å². The zero-order chi connectivity index (χ0) is 9.54. The summed E-state index contributed by atoms with van der Waals surface area (Å²) < 4.78 is 13.7. The lowest BCUT2D eigenvalue weighted by molar-refractivity contribution is 0.171. The Labute approximate surface area is 86.7 Å². The van der Waals surface area contributed by atoms with E-state index in [-0.39, 0.29) is 0 Å². The molecule has 3 aliphatic rings. The van der Waals surface area contributed by atoms with Crippen molar-refractivity contribution in [2.24, 2.45) is 11.8 Å². The Morgan fingerprint density at radius 3 is 3.07 bits per heavy atom. The van der Waals surface area contributed by atoms with Crippen molar-refractivity contribution in [1.82, 2.24) is 4.67 Å². The molecule has 3 nitrogen and oxygen atoms in total. The molecule has 0 N–H and O–H groups in total. The van der Waals surface area contributed by atoms with Crippen LogP contribution in [-0.2, 0) is 9.05 Å². The molecule has 0 radical (unpaired) electrons. The van der Waals surface area contributed by atoms with Gasteiger partial charge in [-0.2, -0.15) is 0 Å². The van der Waals surface area contributed by atoms with Gasteiger partial charge in [0.15, 0.2) is 0 Å². The lowest BCUT2D eigenvalue weighted by Gasteiger charge is -2.33. The first-order valence-electron chi connectivity index (χ1n) is 5.64. The van der Waals surface area contributed by atoms with Gasteiger partial charge < -0.3 is 9.05 Å². The molecule has 3 rings (SSSR count). The summed E-state index contributed by atoms with van der Waals surface area (Å²) >= 11 is 0. The van der Waals surface area contributed by atoms with Gasteiger partial charge in [0.2, 0.25) is 0 Å². The van der Waals surface area contributed by atoms with Crippen LogP contribution < -0.4 is 0 Å². The van der Waals surface area contributed by atoms with Gasteiger partial charge in [0.1, 0.15) is 0 Å². The van der Waals surface area contributed by atoms with Crippen LogP contribution in [0.25, 0.3) is 0 Å². The van der Waals surface area contributed by atoms with Gasteiger partial charge in [0.25, 0.3) is 8.53 Å². The summed E-state index contributed by atoms with van der Waals surface area (Å²) in [5.74, 6) is 1.71. The maximum absolute atomic E-state index is 5.77. The van der Waals surface area contributed by atoms with Crippen molar-refractivity contribution in [3.05, 3.63) is 0 Å². The first-order valence-corrected chi connectivity index (χ1v) is 6.77. The summed E-state index contributed by atoms with van der Waals surface area (Å²) in [6, 6.07) is 0.780. The SMILES string of the molecule is CO[P@@]1OC[C@@H]2CN1C1CCCCC12. The van der Waals surface area contributed by atoms with Crippen LogP contribution >= 0.6 is 8.53 Å². The fourth-order valence-electron chi connectivity index (χ4n) is 3.33. The molecule has 5 atom stereocenters. The maximum atomic E-state index is 5.77. The van der Waals surface area contributed by atoms with Gasteiger partial charge in [-0.05, 0) is 18.8 Å². The zero-order valence-electron chi connectivity index (χ0n) is 8.69. The van der Waals surface area contributed by atoms with Gasteiger partial charge in [-0.3, -0.25) is 0 Å². The second-order valence-electron chi connectivity index (χ2n) is 4.61. The van der Waals surface area contributed by atoms with Crippen LogP contribution in [0.5, 0.6) is 0 Å². The normalized spacial score (nSPS) is 51.6. The highest BCUT2D eigenvalue weighted by Gasteiger charge is 2.49. The molecular weight excluding hydrogens is 197 g/mol. The Hall–Kier alpha value is 0.310. The summed E-state index contributed by atoms with van der Waals surface area (Å²) in [7, 11) is 1.08. The Morgan fingerprint density at radius 1 is 1.36 bits per heavy atom. The summed E-state index contributed by atoms with van der Waals surface area (Å²) in [4.78, 5) is 0. The van der Waals surface area contributed by atoms with Crippen LogP contribution in [0, 0.1) is 11.8 Å². The van der Waals surface area contributed by atoms with Crippen molar-refractivity contribution in [2.45, 2.75) is 31.7 Å². The minimum atomic E-state index is -0.702. The smallest absolute Gasteiger partial charge is 0.258 e.